The molecule has 1 heterocycles. The Morgan fingerprint density at radius 1 is 1.14 bits per heavy atom. The molecule has 0 aliphatic carbocycles. The predicted octanol–water partition coefficient (Wildman–Crippen LogP) is 5.22. The van der Waals surface area contributed by atoms with E-state index in [2.05, 4.69) is 48.5 Å². The van der Waals surface area contributed by atoms with Crippen LogP contribution < -0.4 is 0 Å². The molecule has 0 saturated carbocycles. The van der Waals surface area contributed by atoms with Crippen LogP contribution in [-0.4, -0.2) is 27.0 Å². The molecule has 0 N–H and O–H groups in total. The molecule has 4 heteroatoms. The molecule has 1 atom stereocenters. The third-order valence-corrected chi connectivity index (χ3v) is 11.0. The average molecular weight is 327 g/mol. The zero-order valence-electron chi connectivity index (χ0n) is 15.4. The van der Waals surface area contributed by atoms with Crippen LogP contribution in [0.1, 0.15) is 67.7 Å². The number of hydrogen-bond acceptors (Lipinski definition) is 3. The number of hydrogen-bond donors (Lipinski definition) is 0. The van der Waals surface area contributed by atoms with E-state index in [0.29, 0.717) is 23.2 Å². The molecule has 3 nitrogen and oxygen atoms in total. The lowest BCUT2D eigenvalue weighted by molar-refractivity contribution is -0.139. The fourth-order valence-electron chi connectivity index (χ4n) is 3.97. The zero-order chi connectivity index (χ0) is 16.9. The van der Waals surface area contributed by atoms with E-state index in [4.69, 9.17) is 9.16 Å². The molecule has 0 spiro atoms. The van der Waals surface area contributed by atoms with E-state index < -0.39 is 8.32 Å². The Bertz CT molecular complexity index is 377. The van der Waals surface area contributed by atoms with Gasteiger partial charge in [-0.3, -0.25) is 0 Å². The first kappa shape index (κ1) is 19.4. The Balaban J connectivity index is 2.83. The van der Waals surface area contributed by atoms with Crippen LogP contribution in [0, 0.1) is 0 Å². The molecule has 0 aromatic rings. The molecule has 0 fully saturated rings. The van der Waals surface area contributed by atoms with Crippen molar-refractivity contribution in [2.45, 2.75) is 90.5 Å². The molecule has 1 aliphatic rings. The zero-order valence-corrected chi connectivity index (χ0v) is 16.4. The van der Waals surface area contributed by atoms with Crippen molar-refractivity contribution in [2.24, 2.45) is 0 Å². The average Bonchev–Trinajstić information content (AvgIpc) is 2.76. The Morgan fingerprint density at radius 3 is 2.14 bits per heavy atom. The maximum absolute atomic E-state index is 11.6. The van der Waals surface area contributed by atoms with E-state index >= 15 is 0 Å². The molecule has 0 saturated heterocycles. The summed E-state index contributed by atoms with van der Waals surface area (Å²) < 4.78 is 12.0. The molecule has 0 bridgehead atoms. The molecule has 1 rings (SSSR count). The highest BCUT2D eigenvalue weighted by molar-refractivity contribution is 6.77. The van der Waals surface area contributed by atoms with Gasteiger partial charge in [0.25, 0.3) is 0 Å². The minimum atomic E-state index is -1.89. The second kappa shape index (κ2) is 8.30. The first-order chi connectivity index (χ1) is 10.3. The number of ether oxygens (including phenoxy) is 1. The highest BCUT2D eigenvalue weighted by atomic mass is 28.4. The third-order valence-electron chi connectivity index (χ3n) is 4.99. The quantitative estimate of drug-likeness (QED) is 0.430. The second-order valence-electron chi connectivity index (χ2n) is 7.39. The van der Waals surface area contributed by atoms with Crippen LogP contribution in [0.5, 0.6) is 0 Å². The Labute approximate surface area is 137 Å². The van der Waals surface area contributed by atoms with Gasteiger partial charge in [-0.1, -0.05) is 54.9 Å². The van der Waals surface area contributed by atoms with Crippen LogP contribution in [0.25, 0.3) is 0 Å². The van der Waals surface area contributed by atoms with Gasteiger partial charge in [0, 0.05) is 11.6 Å². The largest absolute Gasteiger partial charge is 0.455 e. The Kier molecular flexibility index (Phi) is 7.33. The second-order valence-corrected chi connectivity index (χ2v) is 12.9. The van der Waals surface area contributed by atoms with Crippen molar-refractivity contribution in [3.63, 3.8) is 0 Å². The van der Waals surface area contributed by atoms with Crippen LogP contribution in [-0.2, 0) is 14.0 Å². The number of carbonyl (C=O) groups is 1. The van der Waals surface area contributed by atoms with Gasteiger partial charge >= 0.3 is 5.97 Å². The van der Waals surface area contributed by atoms with Crippen molar-refractivity contribution in [2.75, 3.05) is 6.61 Å². The van der Waals surface area contributed by atoms with Gasteiger partial charge in [-0.25, -0.2) is 4.79 Å². The summed E-state index contributed by atoms with van der Waals surface area (Å²) >= 11 is 0. The number of carbonyl (C=O) groups excluding carboxylic acids is 1. The first-order valence-electron chi connectivity index (χ1n) is 8.80. The summed E-state index contributed by atoms with van der Waals surface area (Å²) in [5.41, 5.74) is 2.71. The number of cyclic esters (lactones) is 1. The summed E-state index contributed by atoms with van der Waals surface area (Å²) in [5.74, 6) is -0.203. The topological polar surface area (TPSA) is 35.5 Å². The van der Waals surface area contributed by atoms with Crippen molar-refractivity contribution in [1.29, 1.82) is 0 Å². The van der Waals surface area contributed by atoms with Crippen LogP contribution in [0.2, 0.25) is 16.6 Å². The normalized spacial score (nSPS) is 19.3. The van der Waals surface area contributed by atoms with Crippen molar-refractivity contribution in [1.82, 2.24) is 0 Å². The van der Waals surface area contributed by atoms with Crippen molar-refractivity contribution in [3.8, 4) is 0 Å². The van der Waals surface area contributed by atoms with Crippen LogP contribution in [0.15, 0.2) is 11.6 Å². The molecule has 0 aromatic carbocycles. The number of unbranched alkanes of at least 4 members (excludes halogenated alkanes) is 1. The molecule has 0 aromatic heterocycles. The van der Waals surface area contributed by atoms with Crippen LogP contribution in [0.3, 0.4) is 0 Å². The summed E-state index contributed by atoms with van der Waals surface area (Å²) in [6.45, 7) is 16.4. The molecular formula is C18H34O3Si. The SMILES string of the molecule is CCCCC1OC(=O)C=C1CO[Si](C(C)C)(C(C)C)C(C)C. The summed E-state index contributed by atoms with van der Waals surface area (Å²) in [7, 11) is -1.89. The van der Waals surface area contributed by atoms with Gasteiger partial charge in [0.1, 0.15) is 6.10 Å². The van der Waals surface area contributed by atoms with E-state index in [1.807, 2.05) is 0 Å². The minimum Gasteiger partial charge on any atom is -0.455 e. The molecule has 1 aliphatic heterocycles. The first-order valence-corrected chi connectivity index (χ1v) is 10.9. The summed E-state index contributed by atoms with van der Waals surface area (Å²) in [4.78, 5) is 11.6. The van der Waals surface area contributed by atoms with Crippen molar-refractivity contribution < 1.29 is 14.0 Å². The van der Waals surface area contributed by atoms with Gasteiger partial charge in [-0.2, -0.15) is 0 Å². The monoisotopic (exact) mass is 326 g/mol. The summed E-state index contributed by atoms with van der Waals surface area (Å²) in [6.07, 6.45) is 4.70. The molecule has 1 unspecified atom stereocenters. The Morgan fingerprint density at radius 2 is 1.68 bits per heavy atom. The van der Waals surface area contributed by atoms with E-state index in [1.54, 1.807) is 6.08 Å². The van der Waals surface area contributed by atoms with Crippen molar-refractivity contribution >= 4 is 14.3 Å². The predicted molar refractivity (Wildman–Crippen MR) is 94.5 cm³/mol. The lowest BCUT2D eigenvalue weighted by Crippen LogP contribution is -2.48. The number of rotatable bonds is 9. The molecule has 0 amide bonds. The smallest absolute Gasteiger partial charge is 0.331 e. The van der Waals surface area contributed by atoms with Gasteiger partial charge < -0.3 is 9.16 Å². The maximum atomic E-state index is 11.6. The van der Waals surface area contributed by atoms with Gasteiger partial charge in [-0.15, -0.1) is 0 Å². The van der Waals surface area contributed by atoms with Crippen LogP contribution >= 0.6 is 0 Å². The minimum absolute atomic E-state index is 0.0642. The molecule has 22 heavy (non-hydrogen) atoms. The summed E-state index contributed by atoms with van der Waals surface area (Å²) in [5, 5.41) is 0. The van der Waals surface area contributed by atoms with E-state index in [9.17, 15) is 4.79 Å². The maximum Gasteiger partial charge on any atom is 0.331 e. The molecule has 0 radical (unpaired) electrons. The van der Waals surface area contributed by atoms with E-state index in [0.717, 1.165) is 24.8 Å². The highest BCUT2D eigenvalue weighted by Crippen LogP contribution is 2.42. The van der Waals surface area contributed by atoms with Gasteiger partial charge in [0.15, 0.2) is 0 Å². The Hall–Kier alpha value is -0.613. The van der Waals surface area contributed by atoms with E-state index in [1.165, 1.54) is 0 Å². The molecule has 128 valence electrons. The fraction of sp³-hybridized carbons (Fsp3) is 0.833. The molecular weight excluding hydrogens is 292 g/mol. The summed E-state index contributed by atoms with van der Waals surface area (Å²) in [6, 6.07) is 0. The standard InChI is InChI=1S/C18H34O3Si/c1-8-9-10-17-16(11-18(19)21-17)12-20-22(13(2)3,14(4)5)15(6)7/h11,13-15,17H,8-10,12H2,1-7H3. The third kappa shape index (κ3) is 4.22. The lowest BCUT2D eigenvalue weighted by Gasteiger charge is -2.42. The van der Waals surface area contributed by atoms with Crippen LogP contribution in [0.4, 0.5) is 0 Å². The van der Waals surface area contributed by atoms with E-state index in [-0.39, 0.29) is 12.1 Å². The highest BCUT2D eigenvalue weighted by Gasteiger charge is 2.45. The van der Waals surface area contributed by atoms with Gasteiger partial charge in [0.05, 0.1) is 6.61 Å². The lowest BCUT2D eigenvalue weighted by atomic mass is 10.1. The van der Waals surface area contributed by atoms with Gasteiger partial charge in [-0.05, 0) is 29.5 Å². The van der Waals surface area contributed by atoms with Gasteiger partial charge in [0.2, 0.25) is 8.32 Å². The van der Waals surface area contributed by atoms with Crippen molar-refractivity contribution in [3.05, 3.63) is 11.6 Å². The number of esters is 1. The fourth-order valence-corrected chi connectivity index (χ4v) is 9.39.